The van der Waals surface area contributed by atoms with E-state index >= 15 is 0 Å². The van der Waals surface area contributed by atoms with Crippen LogP contribution in [0.5, 0.6) is 5.75 Å². The van der Waals surface area contributed by atoms with Gasteiger partial charge in [0.2, 0.25) is 0 Å². The molecule has 0 N–H and O–H groups in total. The molecule has 0 saturated heterocycles. The molecular weight excluding hydrogens is 298 g/mol. The van der Waals surface area contributed by atoms with Crippen molar-refractivity contribution in [2.24, 2.45) is 5.16 Å². The molecule has 0 fully saturated rings. The average molecular weight is 314 g/mol. The number of oxime groups is 1. The zero-order valence-electron chi connectivity index (χ0n) is 12.5. The summed E-state index contributed by atoms with van der Waals surface area (Å²) < 4.78 is 5.18. The van der Waals surface area contributed by atoms with Crippen LogP contribution in [0.15, 0.2) is 53.2 Å². The van der Waals surface area contributed by atoms with Crippen LogP contribution in [0.3, 0.4) is 0 Å². The van der Waals surface area contributed by atoms with Gasteiger partial charge in [-0.15, -0.1) is 0 Å². The third-order valence-corrected chi connectivity index (χ3v) is 4.04. The number of methoxy groups -OCH3 is 1. The SMILES string of the molecule is CO/N=C1/C(=C/c2ccc(OC)cc2)Cc2c(Cl)cccc21. The number of ether oxygens (including phenoxy) is 1. The summed E-state index contributed by atoms with van der Waals surface area (Å²) in [6.45, 7) is 0. The van der Waals surface area contributed by atoms with Gasteiger partial charge in [0, 0.05) is 17.0 Å². The van der Waals surface area contributed by atoms with Crippen LogP contribution in [0.25, 0.3) is 6.08 Å². The maximum absolute atomic E-state index is 6.30. The fourth-order valence-corrected chi connectivity index (χ4v) is 2.87. The van der Waals surface area contributed by atoms with E-state index in [0.717, 1.165) is 45.2 Å². The Labute approximate surface area is 134 Å². The predicted octanol–water partition coefficient (Wildman–Crippen LogP) is 4.34. The zero-order valence-corrected chi connectivity index (χ0v) is 13.2. The van der Waals surface area contributed by atoms with Crippen molar-refractivity contribution in [1.29, 1.82) is 0 Å². The Bertz CT molecular complexity index is 748. The van der Waals surface area contributed by atoms with Crippen molar-refractivity contribution in [3.05, 3.63) is 69.8 Å². The number of hydrogen-bond donors (Lipinski definition) is 0. The molecule has 3 nitrogen and oxygen atoms in total. The van der Waals surface area contributed by atoms with Gasteiger partial charge in [0.25, 0.3) is 0 Å². The Morgan fingerprint density at radius 1 is 1.09 bits per heavy atom. The van der Waals surface area contributed by atoms with Gasteiger partial charge in [0.05, 0.1) is 7.11 Å². The quantitative estimate of drug-likeness (QED) is 0.789. The molecule has 2 aromatic carbocycles. The topological polar surface area (TPSA) is 30.8 Å². The predicted molar refractivity (Wildman–Crippen MR) is 89.7 cm³/mol. The van der Waals surface area contributed by atoms with Crippen LogP contribution < -0.4 is 4.74 Å². The lowest BCUT2D eigenvalue weighted by Gasteiger charge is -2.03. The van der Waals surface area contributed by atoms with E-state index in [0.29, 0.717) is 0 Å². The number of benzene rings is 2. The molecule has 0 amide bonds. The molecule has 4 heteroatoms. The highest BCUT2D eigenvalue weighted by Gasteiger charge is 2.25. The largest absolute Gasteiger partial charge is 0.497 e. The normalized spacial score (nSPS) is 16.9. The van der Waals surface area contributed by atoms with Crippen LogP contribution >= 0.6 is 11.6 Å². The van der Waals surface area contributed by atoms with E-state index in [4.69, 9.17) is 21.2 Å². The Morgan fingerprint density at radius 2 is 1.86 bits per heavy atom. The minimum atomic E-state index is 0.753. The number of allylic oxidation sites excluding steroid dienone is 1. The lowest BCUT2D eigenvalue weighted by molar-refractivity contribution is 0.214. The first-order valence-corrected chi connectivity index (χ1v) is 7.34. The molecule has 2 aromatic rings. The number of hydrogen-bond acceptors (Lipinski definition) is 3. The third kappa shape index (κ3) is 2.72. The summed E-state index contributed by atoms with van der Waals surface area (Å²) in [5.74, 6) is 0.839. The molecule has 0 heterocycles. The number of halogens is 1. The first-order chi connectivity index (χ1) is 10.7. The van der Waals surface area contributed by atoms with Gasteiger partial charge in [-0.05, 0) is 41.0 Å². The smallest absolute Gasteiger partial charge is 0.118 e. The highest BCUT2D eigenvalue weighted by Crippen LogP contribution is 2.33. The third-order valence-electron chi connectivity index (χ3n) is 3.68. The van der Waals surface area contributed by atoms with Gasteiger partial charge >= 0.3 is 0 Å². The molecule has 0 atom stereocenters. The minimum absolute atomic E-state index is 0.753. The second-order valence-electron chi connectivity index (χ2n) is 5.01. The van der Waals surface area contributed by atoms with E-state index in [-0.39, 0.29) is 0 Å². The van der Waals surface area contributed by atoms with Crippen molar-refractivity contribution >= 4 is 23.4 Å². The molecule has 112 valence electrons. The summed E-state index contributed by atoms with van der Waals surface area (Å²) in [4.78, 5) is 5.01. The molecule has 0 radical (unpaired) electrons. The van der Waals surface area contributed by atoms with Gasteiger partial charge in [-0.3, -0.25) is 0 Å². The van der Waals surface area contributed by atoms with Crippen molar-refractivity contribution in [3.8, 4) is 5.75 Å². The Hall–Kier alpha value is -2.26. The summed E-state index contributed by atoms with van der Waals surface area (Å²) in [7, 11) is 3.22. The summed E-state index contributed by atoms with van der Waals surface area (Å²) >= 11 is 6.30. The summed E-state index contributed by atoms with van der Waals surface area (Å²) in [6.07, 6.45) is 2.86. The molecule has 0 saturated carbocycles. The van der Waals surface area contributed by atoms with Gasteiger partial charge < -0.3 is 9.57 Å². The highest BCUT2D eigenvalue weighted by atomic mass is 35.5. The molecule has 0 spiro atoms. The highest BCUT2D eigenvalue weighted by molar-refractivity contribution is 6.33. The summed E-state index contributed by atoms with van der Waals surface area (Å²) in [5.41, 5.74) is 5.16. The van der Waals surface area contributed by atoms with Crippen molar-refractivity contribution in [1.82, 2.24) is 0 Å². The number of rotatable bonds is 3. The zero-order chi connectivity index (χ0) is 15.5. The van der Waals surface area contributed by atoms with Crippen LogP contribution in [-0.2, 0) is 11.3 Å². The van der Waals surface area contributed by atoms with E-state index in [1.54, 1.807) is 14.2 Å². The van der Waals surface area contributed by atoms with Crippen LogP contribution in [0.2, 0.25) is 5.02 Å². The van der Waals surface area contributed by atoms with Crippen molar-refractivity contribution in [2.45, 2.75) is 6.42 Å². The van der Waals surface area contributed by atoms with Gasteiger partial charge in [-0.25, -0.2) is 0 Å². The van der Waals surface area contributed by atoms with E-state index < -0.39 is 0 Å². The molecule has 0 aromatic heterocycles. The van der Waals surface area contributed by atoms with E-state index in [9.17, 15) is 0 Å². The molecule has 0 bridgehead atoms. The van der Waals surface area contributed by atoms with Gasteiger partial charge in [0.15, 0.2) is 0 Å². The maximum atomic E-state index is 6.30. The molecule has 0 aliphatic heterocycles. The lowest BCUT2D eigenvalue weighted by atomic mass is 10.1. The summed E-state index contributed by atoms with van der Waals surface area (Å²) in [6, 6.07) is 13.8. The van der Waals surface area contributed by atoms with E-state index in [1.165, 1.54) is 0 Å². The molecule has 1 aliphatic rings. The molecule has 22 heavy (non-hydrogen) atoms. The van der Waals surface area contributed by atoms with E-state index in [2.05, 4.69) is 11.2 Å². The van der Waals surface area contributed by atoms with Crippen molar-refractivity contribution < 1.29 is 9.57 Å². The minimum Gasteiger partial charge on any atom is -0.497 e. The fraction of sp³-hybridized carbons (Fsp3) is 0.167. The van der Waals surface area contributed by atoms with Crippen molar-refractivity contribution in [2.75, 3.05) is 14.2 Å². The number of fused-ring (bicyclic) bond motifs is 1. The van der Waals surface area contributed by atoms with Gasteiger partial charge in [-0.1, -0.05) is 41.0 Å². The fourth-order valence-electron chi connectivity index (χ4n) is 2.63. The standard InChI is InChI=1S/C18H16ClNO2/c1-21-14-8-6-12(7-9-14)10-13-11-16-15(18(13)20-22-2)4-3-5-17(16)19/h3-10H,11H2,1-2H3/b13-10+,20-18-. The Kier molecular flexibility index (Phi) is 4.16. The van der Waals surface area contributed by atoms with Crippen LogP contribution in [0.1, 0.15) is 16.7 Å². The van der Waals surface area contributed by atoms with Crippen molar-refractivity contribution in [3.63, 3.8) is 0 Å². The van der Waals surface area contributed by atoms with Crippen LogP contribution in [0.4, 0.5) is 0 Å². The molecule has 0 unspecified atom stereocenters. The maximum Gasteiger partial charge on any atom is 0.118 e. The monoisotopic (exact) mass is 313 g/mol. The Balaban J connectivity index is 2.02. The molecular formula is C18H16ClNO2. The number of nitrogens with zero attached hydrogens (tertiary/aromatic N) is 1. The second-order valence-corrected chi connectivity index (χ2v) is 5.42. The van der Waals surface area contributed by atoms with E-state index in [1.807, 2.05) is 42.5 Å². The van der Waals surface area contributed by atoms with Crippen LogP contribution in [-0.4, -0.2) is 19.9 Å². The average Bonchev–Trinajstić information content (AvgIpc) is 2.88. The second kappa shape index (κ2) is 6.24. The lowest BCUT2D eigenvalue weighted by Crippen LogP contribution is -1.99. The first-order valence-electron chi connectivity index (χ1n) is 6.97. The first kappa shape index (κ1) is 14.7. The molecule has 1 aliphatic carbocycles. The summed E-state index contributed by atoms with van der Waals surface area (Å²) in [5, 5.41) is 4.95. The van der Waals surface area contributed by atoms with Gasteiger partial charge in [-0.2, -0.15) is 0 Å². The van der Waals surface area contributed by atoms with Gasteiger partial charge in [0.1, 0.15) is 18.6 Å². The Morgan fingerprint density at radius 3 is 2.55 bits per heavy atom. The van der Waals surface area contributed by atoms with Crippen LogP contribution in [0, 0.1) is 0 Å². The molecule has 3 rings (SSSR count).